The zero-order valence-electron chi connectivity index (χ0n) is 15.9. The van der Waals surface area contributed by atoms with E-state index in [1.54, 1.807) is 36.7 Å². The maximum absolute atomic E-state index is 13.3. The third kappa shape index (κ3) is 3.08. The lowest BCUT2D eigenvalue weighted by atomic mass is 9.90. The molecule has 7 nitrogen and oxygen atoms in total. The molecule has 0 radical (unpaired) electrons. The third-order valence-corrected chi connectivity index (χ3v) is 5.50. The molecule has 3 aromatic rings. The monoisotopic (exact) mass is 388 g/mol. The lowest BCUT2D eigenvalue weighted by Gasteiger charge is -2.27. The van der Waals surface area contributed by atoms with Crippen LogP contribution in [0.3, 0.4) is 0 Å². The van der Waals surface area contributed by atoms with Gasteiger partial charge in [0.25, 0.3) is 0 Å². The quantitative estimate of drug-likeness (QED) is 0.533. The molecule has 0 amide bonds. The lowest BCUT2D eigenvalue weighted by Crippen LogP contribution is -2.38. The van der Waals surface area contributed by atoms with Gasteiger partial charge in [0, 0.05) is 55.3 Å². The maximum atomic E-state index is 13.3. The smallest absolute Gasteiger partial charge is 0.214 e. The molecule has 146 valence electrons. The molecule has 1 saturated heterocycles. The molecule has 0 atom stereocenters. The summed E-state index contributed by atoms with van der Waals surface area (Å²) in [6.45, 7) is 4.47. The molecule has 1 aliphatic heterocycles. The molecule has 0 N–H and O–H groups in total. The van der Waals surface area contributed by atoms with Crippen LogP contribution in [0, 0.1) is 0 Å². The largest absolute Gasteiger partial charge is 0.379 e. The summed E-state index contributed by atoms with van der Waals surface area (Å²) in [6.07, 6.45) is 3.38. The van der Waals surface area contributed by atoms with Crippen molar-refractivity contribution >= 4 is 11.6 Å². The first-order valence-electron chi connectivity index (χ1n) is 9.73. The third-order valence-electron chi connectivity index (χ3n) is 5.50. The topological polar surface area (TPSA) is 77.3 Å². The molecule has 3 heterocycles. The molecule has 0 bridgehead atoms. The number of benzene rings is 1. The minimum atomic E-state index is -0.198. The zero-order chi connectivity index (χ0) is 19.8. The summed E-state index contributed by atoms with van der Waals surface area (Å²) >= 11 is 0. The Labute approximate surface area is 168 Å². The average Bonchev–Trinajstić information content (AvgIpc) is 3.17. The highest BCUT2D eigenvalue weighted by molar-refractivity contribution is 6.27. The zero-order valence-corrected chi connectivity index (χ0v) is 15.9. The van der Waals surface area contributed by atoms with Gasteiger partial charge in [-0.25, -0.2) is 4.98 Å². The Bertz CT molecular complexity index is 1080. The Balaban J connectivity index is 1.61. The van der Waals surface area contributed by atoms with Crippen molar-refractivity contribution in [2.45, 2.75) is 6.54 Å². The van der Waals surface area contributed by atoms with Crippen LogP contribution in [0.25, 0.3) is 11.4 Å². The number of hydrogen-bond acceptors (Lipinski definition) is 6. The highest BCUT2D eigenvalue weighted by Crippen LogP contribution is 2.31. The molecule has 0 spiro atoms. The summed E-state index contributed by atoms with van der Waals surface area (Å²) in [5.74, 6) is 0.278. The molecule has 1 fully saturated rings. The highest BCUT2D eigenvalue weighted by atomic mass is 16.5. The van der Waals surface area contributed by atoms with E-state index in [0.717, 1.165) is 25.2 Å². The number of ether oxygens (including phenoxy) is 1. The number of ketones is 2. The first kappa shape index (κ1) is 17.9. The minimum Gasteiger partial charge on any atom is -0.379 e. The van der Waals surface area contributed by atoms with Gasteiger partial charge in [0.15, 0.2) is 0 Å². The second-order valence-corrected chi connectivity index (χ2v) is 7.18. The number of nitrogens with zero attached hydrogens (tertiary/aromatic N) is 4. The van der Waals surface area contributed by atoms with Gasteiger partial charge in [-0.15, -0.1) is 0 Å². The van der Waals surface area contributed by atoms with Crippen molar-refractivity contribution in [3.63, 3.8) is 0 Å². The number of pyridine rings is 1. The standard InChI is InChI=1S/C22H20N4O3/c27-20-16-3-1-2-4-17(16)21(28)19-18(20)24-22(15-5-7-23-8-6-15)26(19)10-9-25-11-13-29-14-12-25/h1-8H,9-14H2. The molecule has 0 saturated carbocycles. The molecule has 1 aromatic carbocycles. The van der Waals surface area contributed by atoms with Gasteiger partial charge in [-0.3, -0.25) is 19.5 Å². The van der Waals surface area contributed by atoms with Gasteiger partial charge in [0.05, 0.1) is 13.2 Å². The van der Waals surface area contributed by atoms with Crippen LogP contribution in [0.15, 0.2) is 48.8 Å². The summed E-state index contributed by atoms with van der Waals surface area (Å²) in [7, 11) is 0. The normalized spacial score (nSPS) is 16.6. The van der Waals surface area contributed by atoms with E-state index in [9.17, 15) is 9.59 Å². The van der Waals surface area contributed by atoms with E-state index in [1.165, 1.54) is 0 Å². The van der Waals surface area contributed by atoms with Gasteiger partial charge in [-0.1, -0.05) is 24.3 Å². The molecule has 0 unspecified atom stereocenters. The fraction of sp³-hybridized carbons (Fsp3) is 0.273. The van der Waals surface area contributed by atoms with E-state index in [-0.39, 0.29) is 17.3 Å². The van der Waals surface area contributed by atoms with Gasteiger partial charge >= 0.3 is 0 Å². The molecular weight excluding hydrogens is 368 g/mol. The van der Waals surface area contributed by atoms with Crippen LogP contribution in [0.4, 0.5) is 0 Å². The van der Waals surface area contributed by atoms with Crippen LogP contribution in [0.5, 0.6) is 0 Å². The summed E-state index contributed by atoms with van der Waals surface area (Å²) < 4.78 is 7.32. The number of carbonyl (C=O) groups excluding carboxylic acids is 2. The van der Waals surface area contributed by atoms with Gasteiger partial charge in [-0.05, 0) is 12.1 Å². The molecular formula is C22H20N4O3. The number of imidazole rings is 1. The Kier molecular flexibility index (Phi) is 4.54. The molecule has 2 aromatic heterocycles. The number of morpholine rings is 1. The van der Waals surface area contributed by atoms with Gasteiger partial charge in [-0.2, -0.15) is 0 Å². The number of fused-ring (bicyclic) bond motifs is 2. The van der Waals surface area contributed by atoms with Gasteiger partial charge in [0.2, 0.25) is 11.6 Å². The van der Waals surface area contributed by atoms with Crippen LogP contribution in [-0.2, 0) is 11.3 Å². The van der Waals surface area contributed by atoms with Crippen LogP contribution < -0.4 is 0 Å². The van der Waals surface area contributed by atoms with Crippen molar-refractivity contribution in [2.24, 2.45) is 0 Å². The SMILES string of the molecule is O=C1c2ccccc2C(=O)c2c1nc(-c1ccncc1)n2CCN1CCOCC1. The Morgan fingerprint density at radius 1 is 0.897 bits per heavy atom. The Hall–Kier alpha value is -3.16. The lowest BCUT2D eigenvalue weighted by molar-refractivity contribution is 0.0363. The highest BCUT2D eigenvalue weighted by Gasteiger charge is 2.35. The minimum absolute atomic E-state index is 0.148. The second kappa shape index (κ2) is 7.35. The summed E-state index contributed by atoms with van der Waals surface area (Å²) in [4.78, 5) is 37.4. The van der Waals surface area contributed by atoms with Crippen LogP contribution in [0.1, 0.15) is 32.1 Å². The number of hydrogen-bond donors (Lipinski definition) is 0. The second-order valence-electron chi connectivity index (χ2n) is 7.18. The molecule has 29 heavy (non-hydrogen) atoms. The summed E-state index contributed by atoms with van der Waals surface area (Å²) in [6, 6.07) is 10.7. The molecule has 5 rings (SSSR count). The maximum Gasteiger partial charge on any atom is 0.214 e. The van der Waals surface area contributed by atoms with Gasteiger partial charge < -0.3 is 9.30 Å². The molecule has 2 aliphatic rings. The van der Waals surface area contributed by atoms with E-state index in [4.69, 9.17) is 4.74 Å². The molecule has 7 heteroatoms. The Morgan fingerprint density at radius 2 is 1.59 bits per heavy atom. The van der Waals surface area contributed by atoms with Crippen molar-refractivity contribution in [1.29, 1.82) is 0 Å². The van der Waals surface area contributed by atoms with Crippen molar-refractivity contribution in [2.75, 3.05) is 32.8 Å². The number of aromatic nitrogens is 3. The first-order valence-corrected chi connectivity index (χ1v) is 9.73. The summed E-state index contributed by atoms with van der Waals surface area (Å²) in [5.41, 5.74) is 2.32. The number of rotatable bonds is 4. The van der Waals surface area contributed by atoms with E-state index in [0.29, 0.717) is 42.4 Å². The van der Waals surface area contributed by atoms with Crippen LogP contribution in [0.2, 0.25) is 0 Å². The molecule has 1 aliphatic carbocycles. The van der Waals surface area contributed by atoms with E-state index in [2.05, 4.69) is 14.9 Å². The Morgan fingerprint density at radius 3 is 2.31 bits per heavy atom. The number of carbonyl (C=O) groups is 2. The fourth-order valence-corrected chi connectivity index (χ4v) is 3.98. The van der Waals surface area contributed by atoms with Crippen LogP contribution >= 0.6 is 0 Å². The van der Waals surface area contributed by atoms with E-state index < -0.39 is 0 Å². The van der Waals surface area contributed by atoms with Crippen molar-refractivity contribution in [3.8, 4) is 11.4 Å². The van der Waals surface area contributed by atoms with Crippen molar-refractivity contribution in [1.82, 2.24) is 19.4 Å². The average molecular weight is 388 g/mol. The predicted octanol–water partition coefficient (Wildman–Crippen LogP) is 2.05. The van der Waals surface area contributed by atoms with Crippen molar-refractivity contribution in [3.05, 3.63) is 71.3 Å². The van der Waals surface area contributed by atoms with E-state index >= 15 is 0 Å². The van der Waals surface area contributed by atoms with Crippen molar-refractivity contribution < 1.29 is 14.3 Å². The predicted molar refractivity (Wildman–Crippen MR) is 106 cm³/mol. The summed E-state index contributed by atoms with van der Waals surface area (Å²) in [5, 5.41) is 0. The van der Waals surface area contributed by atoms with Crippen LogP contribution in [-0.4, -0.2) is 63.8 Å². The van der Waals surface area contributed by atoms with Gasteiger partial charge in [0.1, 0.15) is 17.2 Å². The van der Waals surface area contributed by atoms with E-state index in [1.807, 2.05) is 16.7 Å². The fourth-order valence-electron chi connectivity index (χ4n) is 3.98. The first-order chi connectivity index (χ1) is 14.2.